The highest BCUT2D eigenvalue weighted by Crippen LogP contribution is 2.27. The van der Waals surface area contributed by atoms with E-state index < -0.39 is 5.91 Å². The zero-order valence-corrected chi connectivity index (χ0v) is 22.3. The first-order chi connectivity index (χ1) is 17.9. The zero-order valence-electron chi connectivity index (χ0n) is 20.7. The van der Waals surface area contributed by atoms with Crippen molar-refractivity contribution in [3.05, 3.63) is 94.0 Å². The van der Waals surface area contributed by atoms with Crippen molar-refractivity contribution in [1.29, 1.82) is 0 Å². The molecule has 0 atom stereocenters. The average molecular weight is 562 g/mol. The van der Waals surface area contributed by atoms with Crippen LogP contribution in [0, 0.1) is 0 Å². The Labute approximate surface area is 224 Å². The maximum Gasteiger partial charge on any atom is 0.261 e. The van der Waals surface area contributed by atoms with Gasteiger partial charge >= 0.3 is 0 Å². The molecule has 0 saturated carbocycles. The van der Waals surface area contributed by atoms with Crippen molar-refractivity contribution >= 4 is 51.0 Å². The van der Waals surface area contributed by atoms with Gasteiger partial charge < -0.3 is 19.9 Å². The van der Waals surface area contributed by atoms with Gasteiger partial charge in [-0.25, -0.2) is 0 Å². The lowest BCUT2D eigenvalue weighted by Gasteiger charge is -2.36. The number of carbonyl (C=O) groups excluding carboxylic acids is 3. The number of anilines is 2. The van der Waals surface area contributed by atoms with Crippen LogP contribution < -0.4 is 15.0 Å². The number of ketones is 1. The van der Waals surface area contributed by atoms with E-state index in [1.165, 1.54) is 0 Å². The number of nitrogens with zero attached hydrogens (tertiary/aromatic N) is 2. The third-order valence-electron chi connectivity index (χ3n) is 6.20. The van der Waals surface area contributed by atoms with Crippen LogP contribution in [-0.4, -0.2) is 55.8 Å². The number of benzene rings is 3. The molecule has 1 aliphatic heterocycles. The molecule has 1 saturated heterocycles. The molecule has 0 spiro atoms. The van der Waals surface area contributed by atoms with Gasteiger partial charge in [-0.2, -0.15) is 0 Å². The first kappa shape index (κ1) is 26.2. The van der Waals surface area contributed by atoms with Gasteiger partial charge in [0, 0.05) is 53.2 Å². The van der Waals surface area contributed by atoms with Crippen LogP contribution in [0.1, 0.15) is 22.8 Å². The van der Waals surface area contributed by atoms with Gasteiger partial charge in [-0.05, 0) is 67.6 Å². The quantitative estimate of drug-likeness (QED) is 0.189. The predicted molar refractivity (Wildman–Crippen MR) is 149 cm³/mol. The normalized spacial score (nSPS) is 13.8. The highest BCUT2D eigenvalue weighted by atomic mass is 79.9. The summed E-state index contributed by atoms with van der Waals surface area (Å²) in [6.45, 7) is 3.68. The topological polar surface area (TPSA) is 79.0 Å². The Kier molecular flexibility index (Phi) is 8.40. The number of carbonyl (C=O) groups is 3. The Hall–Kier alpha value is -3.91. The second kappa shape index (κ2) is 11.9. The summed E-state index contributed by atoms with van der Waals surface area (Å²) in [5, 5.41) is 2.84. The third kappa shape index (κ3) is 6.46. The molecule has 2 amide bonds. The van der Waals surface area contributed by atoms with E-state index in [4.69, 9.17) is 4.74 Å². The number of Topliss-reactive ketones (excluding diaryl/α,β-unsaturated/α-hetero) is 1. The lowest BCUT2D eigenvalue weighted by Crippen LogP contribution is -2.50. The molecular formula is C29H28BrN3O4. The van der Waals surface area contributed by atoms with Crippen molar-refractivity contribution in [3.8, 4) is 5.75 Å². The number of ether oxygens (including phenoxy) is 1. The van der Waals surface area contributed by atoms with Crippen molar-refractivity contribution < 1.29 is 19.1 Å². The molecule has 1 N–H and O–H groups in total. The summed E-state index contributed by atoms with van der Waals surface area (Å²) < 4.78 is 6.27. The summed E-state index contributed by atoms with van der Waals surface area (Å²) >= 11 is 3.46. The van der Waals surface area contributed by atoms with Crippen LogP contribution in [-0.2, 0) is 9.59 Å². The Morgan fingerprint density at radius 2 is 1.59 bits per heavy atom. The third-order valence-corrected chi connectivity index (χ3v) is 6.70. The molecule has 1 aliphatic rings. The van der Waals surface area contributed by atoms with Crippen molar-refractivity contribution in [1.82, 2.24) is 4.90 Å². The first-order valence-corrected chi connectivity index (χ1v) is 12.7. The fourth-order valence-electron chi connectivity index (χ4n) is 4.16. The summed E-state index contributed by atoms with van der Waals surface area (Å²) in [6, 6.07) is 21.9. The van der Waals surface area contributed by atoms with Crippen molar-refractivity contribution in [2.24, 2.45) is 0 Å². The minimum absolute atomic E-state index is 0.0251. The number of piperazine rings is 1. The van der Waals surface area contributed by atoms with E-state index in [0.29, 0.717) is 48.7 Å². The lowest BCUT2D eigenvalue weighted by atomic mass is 10.1. The number of halogens is 1. The van der Waals surface area contributed by atoms with Gasteiger partial charge in [0.15, 0.2) is 5.78 Å². The van der Waals surface area contributed by atoms with Gasteiger partial charge in [-0.15, -0.1) is 0 Å². The van der Waals surface area contributed by atoms with E-state index in [9.17, 15) is 14.4 Å². The van der Waals surface area contributed by atoms with Crippen LogP contribution in [0.25, 0.3) is 6.08 Å². The van der Waals surface area contributed by atoms with E-state index in [2.05, 4.69) is 26.1 Å². The molecule has 4 rings (SSSR count). The zero-order chi connectivity index (χ0) is 26.4. The number of hydrogen-bond acceptors (Lipinski definition) is 5. The summed E-state index contributed by atoms with van der Waals surface area (Å²) in [7, 11) is 1.55. The van der Waals surface area contributed by atoms with Crippen LogP contribution in [0.4, 0.5) is 11.4 Å². The SMILES string of the molecule is COc1ccc(Br)cc1C=C(C(=O)Nc1ccccc1)C(=O)N1CCN(c2ccc(C(C)=O)cc2)CC1. The van der Waals surface area contributed by atoms with E-state index in [-0.39, 0.29) is 17.3 Å². The Morgan fingerprint density at radius 3 is 2.22 bits per heavy atom. The molecule has 3 aromatic carbocycles. The number of methoxy groups -OCH3 is 1. The minimum Gasteiger partial charge on any atom is -0.496 e. The summed E-state index contributed by atoms with van der Waals surface area (Å²) in [6.07, 6.45) is 1.58. The van der Waals surface area contributed by atoms with Crippen molar-refractivity contribution in [2.45, 2.75) is 6.92 Å². The molecule has 37 heavy (non-hydrogen) atoms. The smallest absolute Gasteiger partial charge is 0.261 e. The highest BCUT2D eigenvalue weighted by Gasteiger charge is 2.28. The molecule has 0 aliphatic carbocycles. The van der Waals surface area contributed by atoms with E-state index in [1.807, 2.05) is 54.6 Å². The number of rotatable bonds is 7. The van der Waals surface area contributed by atoms with Crippen molar-refractivity contribution in [2.75, 3.05) is 43.5 Å². The molecule has 1 heterocycles. The van der Waals surface area contributed by atoms with Crippen LogP contribution in [0.2, 0.25) is 0 Å². The second-order valence-corrected chi connectivity index (χ2v) is 9.56. The van der Waals surface area contributed by atoms with Gasteiger partial charge in [0.05, 0.1) is 7.11 Å². The standard InChI is InChI=1S/C29H28BrN3O4/c1-20(34)21-8-11-25(12-9-21)32-14-16-33(17-15-32)29(36)26(28(35)31-24-6-4-3-5-7-24)19-22-18-23(30)10-13-27(22)37-2/h3-13,18-19H,14-17H2,1-2H3,(H,31,35). The van der Waals surface area contributed by atoms with Gasteiger partial charge in [-0.1, -0.05) is 34.1 Å². The summed E-state index contributed by atoms with van der Waals surface area (Å²) in [5.41, 5.74) is 2.91. The molecule has 1 fully saturated rings. The van der Waals surface area contributed by atoms with Gasteiger partial charge in [0.1, 0.15) is 11.3 Å². The molecule has 0 aromatic heterocycles. The number of para-hydroxylation sites is 1. The summed E-state index contributed by atoms with van der Waals surface area (Å²) in [4.78, 5) is 42.4. The highest BCUT2D eigenvalue weighted by molar-refractivity contribution is 9.10. The van der Waals surface area contributed by atoms with Crippen LogP contribution in [0.15, 0.2) is 82.8 Å². The van der Waals surface area contributed by atoms with Gasteiger partial charge in [0.25, 0.3) is 11.8 Å². The van der Waals surface area contributed by atoms with E-state index >= 15 is 0 Å². The van der Waals surface area contributed by atoms with Gasteiger partial charge in [0.2, 0.25) is 0 Å². The Morgan fingerprint density at radius 1 is 0.919 bits per heavy atom. The molecule has 3 aromatic rings. The second-order valence-electron chi connectivity index (χ2n) is 8.65. The van der Waals surface area contributed by atoms with E-state index in [0.717, 1.165) is 10.2 Å². The molecule has 8 heteroatoms. The fourth-order valence-corrected chi connectivity index (χ4v) is 4.54. The molecular weight excluding hydrogens is 534 g/mol. The van der Waals surface area contributed by atoms with Gasteiger partial charge in [-0.3, -0.25) is 14.4 Å². The largest absolute Gasteiger partial charge is 0.496 e. The predicted octanol–water partition coefficient (Wildman–Crippen LogP) is 5.03. The maximum atomic E-state index is 13.7. The Balaban J connectivity index is 1.56. The van der Waals surface area contributed by atoms with Crippen molar-refractivity contribution in [3.63, 3.8) is 0 Å². The van der Waals surface area contributed by atoms with Crippen LogP contribution in [0.3, 0.4) is 0 Å². The first-order valence-electron chi connectivity index (χ1n) is 11.9. The monoisotopic (exact) mass is 561 g/mol. The Bertz CT molecular complexity index is 1310. The maximum absolute atomic E-state index is 13.7. The lowest BCUT2D eigenvalue weighted by molar-refractivity contribution is -0.129. The van der Waals surface area contributed by atoms with Crippen LogP contribution >= 0.6 is 15.9 Å². The molecule has 0 radical (unpaired) electrons. The molecule has 0 bridgehead atoms. The van der Waals surface area contributed by atoms with E-state index in [1.54, 1.807) is 43.2 Å². The fraction of sp³-hybridized carbons (Fsp3) is 0.207. The number of nitrogens with one attached hydrogen (secondary N) is 1. The number of amides is 2. The average Bonchev–Trinajstić information content (AvgIpc) is 2.92. The summed E-state index contributed by atoms with van der Waals surface area (Å²) in [5.74, 6) is -0.250. The molecule has 0 unspecified atom stereocenters. The number of hydrogen-bond donors (Lipinski definition) is 1. The molecule has 7 nitrogen and oxygen atoms in total. The van der Waals surface area contributed by atoms with Crippen LogP contribution in [0.5, 0.6) is 5.75 Å². The minimum atomic E-state index is -0.486. The molecule has 190 valence electrons.